The summed E-state index contributed by atoms with van der Waals surface area (Å²) in [4.78, 5) is 11.6. The van der Waals surface area contributed by atoms with E-state index in [1.54, 1.807) is 19.9 Å². The molecule has 1 N–H and O–H groups in total. The van der Waals surface area contributed by atoms with Crippen molar-refractivity contribution in [3.8, 4) is 6.07 Å². The lowest BCUT2D eigenvalue weighted by atomic mass is 10.1. The third kappa shape index (κ3) is 3.39. The van der Waals surface area contributed by atoms with Gasteiger partial charge in [0.05, 0.1) is 0 Å². The van der Waals surface area contributed by atoms with Crippen LogP contribution in [0.15, 0.2) is 23.8 Å². The largest absolute Gasteiger partial charge is 0.349 e. The zero-order valence-corrected chi connectivity index (χ0v) is 10.00. The van der Waals surface area contributed by atoms with Gasteiger partial charge in [0.1, 0.15) is 23.3 Å². The Balaban J connectivity index is 3.13. The number of carbonyl (C=O) groups is 1. The molecule has 0 aliphatic rings. The quantitative estimate of drug-likeness (QED) is 0.661. The lowest BCUT2D eigenvalue weighted by Crippen LogP contribution is -2.31. The fourth-order valence-electron chi connectivity index (χ4n) is 1.28. The first-order valence-corrected chi connectivity index (χ1v) is 5.32. The van der Waals surface area contributed by atoms with Crippen LogP contribution in [0.3, 0.4) is 0 Å². The number of nitriles is 1. The van der Waals surface area contributed by atoms with Gasteiger partial charge in [0.25, 0.3) is 5.91 Å². The van der Waals surface area contributed by atoms with Crippen LogP contribution in [0.2, 0.25) is 0 Å². The Morgan fingerprint density at radius 1 is 1.39 bits per heavy atom. The lowest BCUT2D eigenvalue weighted by molar-refractivity contribution is -0.117. The fraction of sp³-hybridized carbons (Fsp3) is 0.231. The molecule has 0 spiro atoms. The molecule has 0 atom stereocenters. The summed E-state index contributed by atoms with van der Waals surface area (Å²) < 4.78 is 26.7. The van der Waals surface area contributed by atoms with Crippen molar-refractivity contribution in [1.29, 1.82) is 5.26 Å². The number of benzene rings is 1. The number of hydrogen-bond acceptors (Lipinski definition) is 2. The normalized spacial score (nSPS) is 11.2. The molecule has 94 valence electrons. The van der Waals surface area contributed by atoms with Gasteiger partial charge in [0.2, 0.25) is 0 Å². The monoisotopic (exact) mass is 250 g/mol. The zero-order chi connectivity index (χ0) is 13.7. The molecule has 5 heteroatoms. The molecule has 0 heterocycles. The molecular weight excluding hydrogens is 238 g/mol. The SMILES string of the molecule is CC(C)NC(=O)/C(C#N)=C/c1c(F)cccc1F. The van der Waals surface area contributed by atoms with E-state index >= 15 is 0 Å². The number of amides is 1. The summed E-state index contributed by atoms with van der Waals surface area (Å²) in [6, 6.07) is 4.79. The van der Waals surface area contributed by atoms with Crippen molar-refractivity contribution in [3.63, 3.8) is 0 Å². The third-order valence-electron chi connectivity index (χ3n) is 2.07. The first kappa shape index (κ1) is 13.8. The fourth-order valence-corrected chi connectivity index (χ4v) is 1.28. The molecule has 0 aliphatic carbocycles. The summed E-state index contributed by atoms with van der Waals surface area (Å²) in [5.41, 5.74) is -0.736. The average Bonchev–Trinajstić information content (AvgIpc) is 2.27. The van der Waals surface area contributed by atoms with Gasteiger partial charge in [-0.15, -0.1) is 0 Å². The maximum absolute atomic E-state index is 13.3. The van der Waals surface area contributed by atoms with Crippen molar-refractivity contribution in [3.05, 3.63) is 41.0 Å². The number of halogens is 2. The van der Waals surface area contributed by atoms with Gasteiger partial charge in [-0.05, 0) is 32.1 Å². The van der Waals surface area contributed by atoms with E-state index in [4.69, 9.17) is 5.26 Å². The van der Waals surface area contributed by atoms with Crippen LogP contribution < -0.4 is 5.32 Å². The topological polar surface area (TPSA) is 52.9 Å². The Morgan fingerprint density at radius 3 is 2.39 bits per heavy atom. The van der Waals surface area contributed by atoms with E-state index in [-0.39, 0.29) is 11.6 Å². The standard InChI is InChI=1S/C13H12F2N2O/c1-8(2)17-13(18)9(7-16)6-10-11(14)4-3-5-12(10)15/h3-6,8H,1-2H3,(H,17,18)/b9-6+. The van der Waals surface area contributed by atoms with E-state index in [9.17, 15) is 13.6 Å². The number of rotatable bonds is 3. The van der Waals surface area contributed by atoms with Crippen molar-refractivity contribution in [2.75, 3.05) is 0 Å². The van der Waals surface area contributed by atoms with Crippen LogP contribution in [0.5, 0.6) is 0 Å². The molecule has 0 fully saturated rings. The molecule has 0 radical (unpaired) electrons. The average molecular weight is 250 g/mol. The summed E-state index contributed by atoms with van der Waals surface area (Å²) in [5.74, 6) is -2.30. The van der Waals surface area contributed by atoms with E-state index in [0.29, 0.717) is 0 Å². The number of nitrogens with one attached hydrogen (secondary N) is 1. The minimum atomic E-state index is -0.819. The minimum absolute atomic E-state index is 0.167. The molecular formula is C13H12F2N2O. The maximum atomic E-state index is 13.3. The van der Waals surface area contributed by atoms with Crippen molar-refractivity contribution in [2.45, 2.75) is 19.9 Å². The number of carbonyl (C=O) groups excluding carboxylic acids is 1. The van der Waals surface area contributed by atoms with Crippen LogP contribution in [0.4, 0.5) is 8.78 Å². The number of nitrogens with zero attached hydrogens (tertiary/aromatic N) is 1. The zero-order valence-electron chi connectivity index (χ0n) is 10.00. The van der Waals surface area contributed by atoms with E-state index in [1.165, 1.54) is 6.07 Å². The highest BCUT2D eigenvalue weighted by atomic mass is 19.1. The Morgan fingerprint density at radius 2 is 1.94 bits per heavy atom. The van der Waals surface area contributed by atoms with Gasteiger partial charge in [0.15, 0.2) is 0 Å². The molecule has 0 bridgehead atoms. The summed E-state index contributed by atoms with van der Waals surface area (Å²) in [6.45, 7) is 3.44. The van der Waals surface area contributed by atoms with Crippen LogP contribution in [0.25, 0.3) is 6.08 Å². The maximum Gasteiger partial charge on any atom is 0.262 e. The highest BCUT2D eigenvalue weighted by Crippen LogP contribution is 2.15. The number of hydrogen-bond donors (Lipinski definition) is 1. The molecule has 0 saturated heterocycles. The minimum Gasteiger partial charge on any atom is -0.349 e. The first-order chi connectivity index (χ1) is 8.45. The smallest absolute Gasteiger partial charge is 0.262 e. The molecule has 1 aromatic carbocycles. The van der Waals surface area contributed by atoms with E-state index in [1.807, 2.05) is 0 Å². The first-order valence-electron chi connectivity index (χ1n) is 5.32. The molecule has 0 aromatic heterocycles. The van der Waals surface area contributed by atoms with Crippen molar-refractivity contribution >= 4 is 12.0 Å². The summed E-state index contributed by atoms with van der Waals surface area (Å²) in [5, 5.41) is 11.3. The lowest BCUT2D eigenvalue weighted by Gasteiger charge is -2.07. The van der Waals surface area contributed by atoms with Crippen molar-refractivity contribution in [2.24, 2.45) is 0 Å². The van der Waals surface area contributed by atoms with Crippen LogP contribution in [-0.4, -0.2) is 11.9 Å². The van der Waals surface area contributed by atoms with E-state index in [2.05, 4.69) is 5.32 Å². The second-order valence-corrected chi connectivity index (χ2v) is 3.93. The Hall–Kier alpha value is -2.22. The van der Waals surface area contributed by atoms with Crippen molar-refractivity contribution < 1.29 is 13.6 Å². The highest BCUT2D eigenvalue weighted by molar-refractivity contribution is 6.01. The molecule has 1 amide bonds. The van der Waals surface area contributed by atoms with Gasteiger partial charge in [0, 0.05) is 11.6 Å². The molecule has 1 aromatic rings. The summed E-state index contributed by atoms with van der Waals surface area (Å²) >= 11 is 0. The van der Waals surface area contributed by atoms with Gasteiger partial charge >= 0.3 is 0 Å². The molecule has 0 saturated carbocycles. The second-order valence-electron chi connectivity index (χ2n) is 3.93. The van der Waals surface area contributed by atoms with Gasteiger partial charge in [-0.1, -0.05) is 6.07 Å². The molecule has 1 rings (SSSR count). The van der Waals surface area contributed by atoms with Crippen LogP contribution in [0.1, 0.15) is 19.4 Å². The van der Waals surface area contributed by atoms with Crippen LogP contribution >= 0.6 is 0 Å². The second kappa shape index (κ2) is 5.92. The molecule has 0 aliphatic heterocycles. The van der Waals surface area contributed by atoms with Gasteiger partial charge < -0.3 is 5.32 Å². The van der Waals surface area contributed by atoms with E-state index in [0.717, 1.165) is 18.2 Å². The Labute approximate surface area is 104 Å². The van der Waals surface area contributed by atoms with Gasteiger partial charge in [-0.2, -0.15) is 5.26 Å². The van der Waals surface area contributed by atoms with E-state index < -0.39 is 23.1 Å². The Bertz CT molecular complexity index is 510. The molecule has 18 heavy (non-hydrogen) atoms. The predicted octanol–water partition coefficient (Wildman–Crippen LogP) is 2.40. The van der Waals surface area contributed by atoms with Gasteiger partial charge in [-0.3, -0.25) is 4.79 Å². The molecule has 3 nitrogen and oxygen atoms in total. The van der Waals surface area contributed by atoms with Crippen molar-refractivity contribution in [1.82, 2.24) is 5.32 Å². The Kier molecular flexibility index (Phi) is 4.55. The van der Waals surface area contributed by atoms with Crippen LogP contribution in [0, 0.1) is 23.0 Å². The van der Waals surface area contributed by atoms with Gasteiger partial charge in [-0.25, -0.2) is 8.78 Å². The molecule has 0 unspecified atom stereocenters. The highest BCUT2D eigenvalue weighted by Gasteiger charge is 2.13. The van der Waals surface area contributed by atoms with Crippen LogP contribution in [-0.2, 0) is 4.79 Å². The predicted molar refractivity (Wildman–Crippen MR) is 63.2 cm³/mol. The summed E-state index contributed by atoms with van der Waals surface area (Å²) in [7, 11) is 0. The summed E-state index contributed by atoms with van der Waals surface area (Å²) in [6.07, 6.45) is 0.905. The third-order valence-corrected chi connectivity index (χ3v) is 2.07.